The Hall–Kier alpha value is -4.44. The second kappa shape index (κ2) is 9.37. The van der Waals surface area contributed by atoms with Crippen LogP contribution in [0.25, 0.3) is 21.5 Å². The smallest absolute Gasteiger partial charge is 0.271 e. The second-order valence-electron chi connectivity index (χ2n) is 7.73. The number of rotatable bonds is 6. The highest BCUT2D eigenvalue weighted by Crippen LogP contribution is 2.27. The van der Waals surface area contributed by atoms with Crippen molar-refractivity contribution >= 4 is 33.7 Å². The average Bonchev–Trinajstić information content (AvgIpc) is 2.88. The maximum absolute atomic E-state index is 12.7. The van der Waals surface area contributed by atoms with Crippen LogP contribution in [0.3, 0.4) is 0 Å². The predicted molar refractivity (Wildman–Crippen MR) is 134 cm³/mol. The van der Waals surface area contributed by atoms with Crippen molar-refractivity contribution in [3.63, 3.8) is 0 Å². The van der Waals surface area contributed by atoms with E-state index in [1.807, 2.05) is 103 Å². The first kappa shape index (κ1) is 20.5. The van der Waals surface area contributed by atoms with Gasteiger partial charge in [0.2, 0.25) is 0 Å². The summed E-state index contributed by atoms with van der Waals surface area (Å²) >= 11 is 0. The van der Waals surface area contributed by atoms with Gasteiger partial charge in [-0.25, -0.2) is 5.43 Å². The molecule has 33 heavy (non-hydrogen) atoms. The minimum atomic E-state index is -0.260. The molecule has 0 radical (unpaired) electrons. The van der Waals surface area contributed by atoms with Crippen LogP contribution in [0, 0.1) is 0 Å². The number of nitrogens with one attached hydrogen (secondary N) is 1. The van der Waals surface area contributed by atoms with Crippen molar-refractivity contribution in [2.24, 2.45) is 5.10 Å². The number of hydrogen-bond acceptors (Lipinski definition) is 3. The molecule has 1 amide bonds. The lowest BCUT2D eigenvalue weighted by atomic mass is 10.0. The van der Waals surface area contributed by atoms with E-state index in [1.165, 1.54) is 0 Å². The molecule has 0 saturated carbocycles. The Balaban J connectivity index is 1.39. The minimum absolute atomic E-state index is 0.260. The van der Waals surface area contributed by atoms with E-state index in [2.05, 4.69) is 10.5 Å². The Morgan fingerprint density at radius 2 is 1.45 bits per heavy atom. The zero-order chi connectivity index (χ0) is 22.5. The highest BCUT2D eigenvalue weighted by atomic mass is 16.5. The molecular formula is C29H22N2O2. The summed E-state index contributed by atoms with van der Waals surface area (Å²) < 4.78 is 6.12. The lowest BCUT2D eigenvalue weighted by molar-refractivity contribution is 0.0955. The van der Waals surface area contributed by atoms with Gasteiger partial charge in [-0.3, -0.25) is 4.79 Å². The Bertz CT molecular complexity index is 1460. The van der Waals surface area contributed by atoms with Crippen LogP contribution in [-0.4, -0.2) is 12.1 Å². The van der Waals surface area contributed by atoms with Crippen LogP contribution in [-0.2, 0) is 6.61 Å². The molecule has 4 nitrogen and oxygen atoms in total. The monoisotopic (exact) mass is 430 g/mol. The normalized spacial score (nSPS) is 11.2. The molecule has 0 aliphatic rings. The van der Waals surface area contributed by atoms with Gasteiger partial charge in [-0.15, -0.1) is 0 Å². The Kier molecular flexibility index (Phi) is 5.81. The van der Waals surface area contributed by atoms with E-state index in [-0.39, 0.29) is 5.91 Å². The maximum atomic E-state index is 12.7. The lowest BCUT2D eigenvalue weighted by Crippen LogP contribution is -2.17. The van der Waals surface area contributed by atoms with Crippen LogP contribution < -0.4 is 10.2 Å². The van der Waals surface area contributed by atoms with Gasteiger partial charge >= 0.3 is 0 Å². The van der Waals surface area contributed by atoms with Crippen molar-refractivity contribution in [1.82, 2.24) is 5.43 Å². The summed E-state index contributed by atoms with van der Waals surface area (Å²) in [6, 6.07) is 35.6. The number of hydrogen-bond donors (Lipinski definition) is 1. The van der Waals surface area contributed by atoms with Crippen LogP contribution in [0.2, 0.25) is 0 Å². The number of carbonyl (C=O) groups is 1. The number of nitrogens with zero attached hydrogens (tertiary/aromatic N) is 1. The molecule has 0 spiro atoms. The fourth-order valence-electron chi connectivity index (χ4n) is 3.82. The number of ether oxygens (including phenoxy) is 1. The van der Waals surface area contributed by atoms with Crippen molar-refractivity contribution in [2.75, 3.05) is 0 Å². The summed E-state index contributed by atoms with van der Waals surface area (Å²) in [5, 5.41) is 8.45. The molecule has 0 aromatic heterocycles. The Labute approximate surface area is 192 Å². The number of hydrazone groups is 1. The molecule has 5 rings (SSSR count). The lowest BCUT2D eigenvalue weighted by Gasteiger charge is -2.12. The minimum Gasteiger partial charge on any atom is -0.488 e. The van der Waals surface area contributed by atoms with Gasteiger partial charge in [0.15, 0.2) is 0 Å². The van der Waals surface area contributed by atoms with Crippen LogP contribution in [0.15, 0.2) is 114 Å². The van der Waals surface area contributed by atoms with Gasteiger partial charge in [0.05, 0.1) is 6.21 Å². The van der Waals surface area contributed by atoms with Crippen LogP contribution in [0.5, 0.6) is 5.75 Å². The van der Waals surface area contributed by atoms with E-state index in [1.54, 1.807) is 12.3 Å². The highest BCUT2D eigenvalue weighted by Gasteiger charge is 2.09. The van der Waals surface area contributed by atoms with Crippen molar-refractivity contribution in [1.29, 1.82) is 0 Å². The molecule has 0 saturated heterocycles. The van der Waals surface area contributed by atoms with E-state index in [4.69, 9.17) is 4.74 Å². The molecule has 5 aromatic carbocycles. The third kappa shape index (κ3) is 4.60. The zero-order valence-electron chi connectivity index (χ0n) is 17.9. The van der Waals surface area contributed by atoms with Crippen molar-refractivity contribution in [2.45, 2.75) is 6.61 Å². The topological polar surface area (TPSA) is 50.7 Å². The molecule has 0 aliphatic heterocycles. The maximum Gasteiger partial charge on any atom is 0.271 e. The Morgan fingerprint density at radius 1 is 0.758 bits per heavy atom. The van der Waals surface area contributed by atoms with Gasteiger partial charge in [0.25, 0.3) is 5.91 Å². The standard InChI is InChI=1S/C29H22N2O2/c32-29(25-15-14-22-10-4-5-12-24(22)18-25)31-30-19-27-26-13-7-6-11-23(26)16-17-28(27)33-20-21-8-2-1-3-9-21/h1-19H,20H2,(H,31,32)/b30-19-. The molecule has 0 unspecified atom stereocenters. The van der Waals surface area contributed by atoms with Crippen LogP contribution in [0.4, 0.5) is 0 Å². The van der Waals surface area contributed by atoms with Crippen molar-refractivity contribution < 1.29 is 9.53 Å². The fourth-order valence-corrected chi connectivity index (χ4v) is 3.82. The number of benzene rings is 5. The van der Waals surface area contributed by atoms with E-state index in [9.17, 15) is 4.79 Å². The van der Waals surface area contributed by atoms with Gasteiger partial charge in [-0.2, -0.15) is 5.10 Å². The van der Waals surface area contributed by atoms with Crippen LogP contribution in [0.1, 0.15) is 21.5 Å². The van der Waals surface area contributed by atoms with Crippen molar-refractivity contribution in [3.8, 4) is 5.75 Å². The summed E-state index contributed by atoms with van der Waals surface area (Å²) in [5.41, 5.74) is 5.12. The highest BCUT2D eigenvalue weighted by molar-refractivity contribution is 6.03. The number of amides is 1. The average molecular weight is 431 g/mol. The predicted octanol–water partition coefficient (Wildman–Crippen LogP) is 6.34. The fraction of sp³-hybridized carbons (Fsp3) is 0.0345. The molecule has 160 valence electrons. The summed E-state index contributed by atoms with van der Waals surface area (Å²) in [5.74, 6) is 0.449. The largest absolute Gasteiger partial charge is 0.488 e. The first-order valence-electron chi connectivity index (χ1n) is 10.8. The van der Waals surface area contributed by atoms with Gasteiger partial charge in [0, 0.05) is 11.1 Å². The van der Waals surface area contributed by atoms with E-state index in [0.717, 1.165) is 32.7 Å². The SMILES string of the molecule is O=C(N/N=C\c1c(OCc2ccccc2)ccc2ccccc12)c1ccc2ccccc2c1. The molecular weight excluding hydrogens is 408 g/mol. The van der Waals surface area contributed by atoms with Gasteiger partial charge in [0.1, 0.15) is 12.4 Å². The van der Waals surface area contributed by atoms with Crippen molar-refractivity contribution in [3.05, 3.63) is 126 Å². The van der Waals surface area contributed by atoms with Crippen LogP contribution >= 0.6 is 0 Å². The summed E-state index contributed by atoms with van der Waals surface area (Å²) in [6.07, 6.45) is 1.65. The number of fused-ring (bicyclic) bond motifs is 2. The second-order valence-corrected chi connectivity index (χ2v) is 7.73. The molecule has 0 bridgehead atoms. The molecule has 0 aliphatic carbocycles. The third-order valence-corrected chi connectivity index (χ3v) is 5.54. The Morgan fingerprint density at radius 3 is 2.30 bits per heavy atom. The van der Waals surface area contributed by atoms with Gasteiger partial charge in [-0.1, -0.05) is 91.0 Å². The van der Waals surface area contributed by atoms with Gasteiger partial charge in [-0.05, 0) is 45.3 Å². The third-order valence-electron chi connectivity index (χ3n) is 5.54. The van der Waals surface area contributed by atoms with E-state index < -0.39 is 0 Å². The van der Waals surface area contributed by atoms with E-state index in [0.29, 0.717) is 17.9 Å². The molecule has 0 fully saturated rings. The van der Waals surface area contributed by atoms with E-state index >= 15 is 0 Å². The first-order valence-corrected chi connectivity index (χ1v) is 10.8. The molecule has 0 heterocycles. The quantitative estimate of drug-likeness (QED) is 0.253. The zero-order valence-corrected chi connectivity index (χ0v) is 17.9. The molecule has 0 atom stereocenters. The molecule has 4 heteroatoms. The molecule has 1 N–H and O–H groups in total. The van der Waals surface area contributed by atoms with Gasteiger partial charge < -0.3 is 4.74 Å². The summed E-state index contributed by atoms with van der Waals surface area (Å²) in [4.78, 5) is 12.7. The first-order chi connectivity index (χ1) is 16.3. The summed E-state index contributed by atoms with van der Waals surface area (Å²) in [6.45, 7) is 0.448. The number of carbonyl (C=O) groups excluding carboxylic acids is 1. The summed E-state index contributed by atoms with van der Waals surface area (Å²) in [7, 11) is 0. The molecule has 5 aromatic rings.